The molecule has 0 spiro atoms. The predicted octanol–water partition coefficient (Wildman–Crippen LogP) is 1.79. The Balaban J connectivity index is 1.47. The third-order valence-electron chi connectivity index (χ3n) is 5.84. The highest BCUT2D eigenvalue weighted by Crippen LogP contribution is 2.27. The second-order valence-electron chi connectivity index (χ2n) is 7.59. The lowest BCUT2D eigenvalue weighted by atomic mass is 9.96. The monoisotopic (exact) mass is 368 g/mol. The minimum absolute atomic E-state index is 0.422. The highest BCUT2D eigenvalue weighted by atomic mass is 15.3. The summed E-state index contributed by atoms with van der Waals surface area (Å²) in [4.78, 5) is 6.81. The zero-order valence-corrected chi connectivity index (χ0v) is 16.6. The van der Waals surface area contributed by atoms with Gasteiger partial charge in [0, 0.05) is 56.8 Å². The van der Waals surface area contributed by atoms with Gasteiger partial charge in [-0.25, -0.2) is 4.98 Å². The van der Waals surface area contributed by atoms with Crippen LogP contribution in [0, 0.1) is 13.8 Å². The molecule has 1 fully saturated rings. The molecule has 1 atom stereocenters. The Morgan fingerprint density at radius 2 is 2.00 bits per heavy atom. The van der Waals surface area contributed by atoms with E-state index in [-0.39, 0.29) is 0 Å². The van der Waals surface area contributed by atoms with Crippen LogP contribution in [0.3, 0.4) is 0 Å². The normalized spacial score (nSPS) is 18.3. The van der Waals surface area contributed by atoms with Crippen molar-refractivity contribution < 1.29 is 0 Å². The van der Waals surface area contributed by atoms with Gasteiger partial charge >= 0.3 is 0 Å². The number of piperidine rings is 1. The average molecular weight is 368 g/mol. The molecule has 0 amide bonds. The molecule has 0 radical (unpaired) electrons. The number of hydrogen-bond donors (Lipinski definition) is 0. The van der Waals surface area contributed by atoms with Gasteiger partial charge in [0.05, 0.1) is 12.7 Å². The molecule has 3 aromatic heterocycles. The maximum atomic E-state index is 4.55. The molecule has 0 aliphatic carbocycles. The topological polar surface area (TPSA) is 69.6 Å². The fraction of sp³-hybridized carbons (Fsp3) is 0.579. The fourth-order valence-electron chi connectivity index (χ4n) is 3.94. The lowest BCUT2D eigenvalue weighted by molar-refractivity contribution is 0.194. The number of hydrogen-bond acceptors (Lipinski definition) is 5. The molecule has 0 saturated carbocycles. The van der Waals surface area contributed by atoms with E-state index in [0.717, 1.165) is 37.1 Å². The van der Waals surface area contributed by atoms with Crippen LogP contribution in [-0.2, 0) is 27.2 Å². The lowest BCUT2D eigenvalue weighted by Crippen LogP contribution is -2.35. The molecule has 8 nitrogen and oxygen atoms in total. The molecule has 144 valence electrons. The molecule has 0 bridgehead atoms. The number of aryl methyl sites for hydroxylation is 2. The van der Waals surface area contributed by atoms with E-state index in [0.29, 0.717) is 12.5 Å². The molecule has 4 heterocycles. The van der Waals surface area contributed by atoms with Gasteiger partial charge in [-0.3, -0.25) is 9.58 Å². The quantitative estimate of drug-likeness (QED) is 0.687. The second-order valence-corrected chi connectivity index (χ2v) is 7.59. The third-order valence-corrected chi connectivity index (χ3v) is 5.84. The number of rotatable bonds is 5. The molecule has 4 rings (SSSR count). The Bertz CT molecular complexity index is 918. The first kappa shape index (κ1) is 17.9. The maximum absolute atomic E-state index is 4.55. The molecule has 0 unspecified atom stereocenters. The van der Waals surface area contributed by atoms with Gasteiger partial charge in [-0.1, -0.05) is 0 Å². The standard InChI is InChI=1S/C19H28N8/c1-14-17(10-21-25(14)4)12-26-8-5-6-16(11-26)19-23-22-18(24(19)3)13-27-9-7-20-15(27)2/h7,9-10,16H,5-6,8,11-13H2,1-4H3/t16-/m1/s1. The first-order valence-corrected chi connectivity index (χ1v) is 9.58. The van der Waals surface area contributed by atoms with E-state index in [4.69, 9.17) is 0 Å². The summed E-state index contributed by atoms with van der Waals surface area (Å²) in [7, 11) is 4.09. The fourth-order valence-corrected chi connectivity index (χ4v) is 3.94. The highest BCUT2D eigenvalue weighted by Gasteiger charge is 2.26. The first-order chi connectivity index (χ1) is 13.0. The molecule has 27 heavy (non-hydrogen) atoms. The summed E-state index contributed by atoms with van der Waals surface area (Å²) in [5.41, 5.74) is 2.56. The molecule has 0 N–H and O–H groups in total. The maximum Gasteiger partial charge on any atom is 0.152 e. The number of imidazole rings is 1. The van der Waals surface area contributed by atoms with Crippen molar-refractivity contribution in [3.63, 3.8) is 0 Å². The summed E-state index contributed by atoms with van der Waals surface area (Å²) < 4.78 is 6.22. The van der Waals surface area contributed by atoms with Crippen LogP contribution < -0.4 is 0 Å². The average Bonchev–Trinajstić information content (AvgIpc) is 3.32. The van der Waals surface area contributed by atoms with Crippen molar-refractivity contribution in [1.82, 2.24) is 39.0 Å². The lowest BCUT2D eigenvalue weighted by Gasteiger charge is -2.32. The van der Waals surface area contributed by atoms with Gasteiger partial charge < -0.3 is 9.13 Å². The van der Waals surface area contributed by atoms with E-state index in [1.807, 2.05) is 37.2 Å². The Kier molecular flexibility index (Phi) is 4.82. The minimum Gasteiger partial charge on any atom is -0.328 e. The largest absolute Gasteiger partial charge is 0.328 e. The predicted molar refractivity (Wildman–Crippen MR) is 102 cm³/mol. The molecule has 1 aliphatic rings. The minimum atomic E-state index is 0.422. The van der Waals surface area contributed by atoms with Gasteiger partial charge in [-0.05, 0) is 33.2 Å². The second kappa shape index (κ2) is 7.26. The van der Waals surface area contributed by atoms with Gasteiger partial charge in [0.2, 0.25) is 0 Å². The van der Waals surface area contributed by atoms with Crippen molar-refractivity contribution in [2.75, 3.05) is 13.1 Å². The molecule has 1 aliphatic heterocycles. The number of nitrogens with zero attached hydrogens (tertiary/aromatic N) is 8. The molecule has 3 aromatic rings. The van der Waals surface area contributed by atoms with Crippen LogP contribution in [0.15, 0.2) is 18.6 Å². The molecular formula is C19H28N8. The van der Waals surface area contributed by atoms with E-state index in [2.05, 4.69) is 48.3 Å². The van der Waals surface area contributed by atoms with Crippen molar-refractivity contribution in [3.05, 3.63) is 47.3 Å². The summed E-state index contributed by atoms with van der Waals surface area (Å²) in [5.74, 6) is 3.49. The van der Waals surface area contributed by atoms with Crippen LogP contribution in [0.1, 0.15) is 47.5 Å². The molecule has 8 heteroatoms. The number of likely N-dealkylation sites (tertiary alicyclic amines) is 1. The van der Waals surface area contributed by atoms with E-state index >= 15 is 0 Å². The summed E-state index contributed by atoms with van der Waals surface area (Å²) in [6.45, 7) is 7.96. The van der Waals surface area contributed by atoms with Crippen molar-refractivity contribution in [3.8, 4) is 0 Å². The van der Waals surface area contributed by atoms with Crippen LogP contribution in [0.5, 0.6) is 0 Å². The van der Waals surface area contributed by atoms with Gasteiger partial charge in [0.1, 0.15) is 11.6 Å². The third kappa shape index (κ3) is 3.53. The smallest absolute Gasteiger partial charge is 0.152 e. The van der Waals surface area contributed by atoms with Gasteiger partial charge in [-0.2, -0.15) is 5.10 Å². The van der Waals surface area contributed by atoms with Crippen molar-refractivity contribution >= 4 is 0 Å². The Morgan fingerprint density at radius 3 is 2.70 bits per heavy atom. The Morgan fingerprint density at radius 1 is 1.15 bits per heavy atom. The molecular weight excluding hydrogens is 340 g/mol. The van der Waals surface area contributed by atoms with E-state index in [9.17, 15) is 0 Å². The molecule has 0 aromatic carbocycles. The van der Waals surface area contributed by atoms with Gasteiger partial charge in [-0.15, -0.1) is 10.2 Å². The van der Waals surface area contributed by atoms with Crippen molar-refractivity contribution in [1.29, 1.82) is 0 Å². The van der Waals surface area contributed by atoms with Crippen molar-refractivity contribution in [2.45, 2.75) is 45.7 Å². The summed E-state index contributed by atoms with van der Waals surface area (Å²) >= 11 is 0. The first-order valence-electron chi connectivity index (χ1n) is 9.58. The summed E-state index contributed by atoms with van der Waals surface area (Å²) in [6, 6.07) is 0. The van der Waals surface area contributed by atoms with Crippen LogP contribution in [0.4, 0.5) is 0 Å². The van der Waals surface area contributed by atoms with E-state index < -0.39 is 0 Å². The zero-order chi connectivity index (χ0) is 19.0. The van der Waals surface area contributed by atoms with Crippen molar-refractivity contribution in [2.24, 2.45) is 14.1 Å². The van der Waals surface area contributed by atoms with Crippen LogP contribution in [0.2, 0.25) is 0 Å². The summed E-state index contributed by atoms with van der Waals surface area (Å²) in [5, 5.41) is 13.4. The van der Waals surface area contributed by atoms with Gasteiger partial charge in [0.15, 0.2) is 5.82 Å². The SMILES string of the molecule is Cc1nccn1Cc1nnc([C@@H]2CCCN(Cc3cnn(C)c3C)C2)n1C. The molecule has 1 saturated heterocycles. The Labute approximate surface area is 159 Å². The van der Waals surface area contributed by atoms with E-state index in [1.54, 1.807) is 0 Å². The van der Waals surface area contributed by atoms with Crippen LogP contribution in [0.25, 0.3) is 0 Å². The van der Waals surface area contributed by atoms with E-state index in [1.165, 1.54) is 24.1 Å². The Hall–Kier alpha value is -2.48. The number of aromatic nitrogens is 7. The van der Waals surface area contributed by atoms with Crippen LogP contribution in [-0.4, -0.2) is 52.1 Å². The van der Waals surface area contributed by atoms with Gasteiger partial charge in [0.25, 0.3) is 0 Å². The highest BCUT2D eigenvalue weighted by molar-refractivity contribution is 5.16. The zero-order valence-electron chi connectivity index (χ0n) is 16.6. The van der Waals surface area contributed by atoms with Crippen LogP contribution >= 0.6 is 0 Å². The summed E-state index contributed by atoms with van der Waals surface area (Å²) in [6.07, 6.45) is 8.16.